The van der Waals surface area contributed by atoms with Crippen LogP contribution in [0.5, 0.6) is 0 Å². The molecule has 2 aromatic heterocycles. The van der Waals surface area contributed by atoms with E-state index in [4.69, 9.17) is 0 Å². The first-order valence-corrected chi connectivity index (χ1v) is 9.03. The molecule has 3 rings (SSSR count). The second kappa shape index (κ2) is 7.57. The molecule has 0 aliphatic heterocycles. The molecule has 2 heterocycles. The number of hydrogen-bond acceptors (Lipinski definition) is 5. The van der Waals surface area contributed by atoms with Crippen molar-refractivity contribution in [3.05, 3.63) is 56.4 Å². The first-order chi connectivity index (χ1) is 12.0. The molecule has 1 N–H and O–H groups in total. The summed E-state index contributed by atoms with van der Waals surface area (Å²) >= 11 is 1.61. The first-order valence-electron chi connectivity index (χ1n) is 8.15. The molecule has 0 saturated heterocycles. The van der Waals surface area contributed by atoms with Gasteiger partial charge in [0.05, 0.1) is 22.2 Å². The molecular weight excluding hydrogens is 336 g/mol. The number of H-pyrrole nitrogens is 1. The maximum atomic E-state index is 12.3. The number of rotatable bonds is 6. The molecule has 0 radical (unpaired) electrons. The van der Waals surface area contributed by atoms with E-state index in [9.17, 15) is 9.59 Å². The van der Waals surface area contributed by atoms with Crippen LogP contribution in [0, 0.1) is 6.92 Å². The smallest absolute Gasteiger partial charge is 0.270 e. The third kappa shape index (κ3) is 4.11. The van der Waals surface area contributed by atoms with Crippen molar-refractivity contribution >= 4 is 28.3 Å². The molecule has 0 saturated carbocycles. The number of carbonyl (C=O) groups excluding carboxylic acids is 1. The van der Waals surface area contributed by atoms with Gasteiger partial charge in [-0.3, -0.25) is 9.59 Å². The van der Waals surface area contributed by atoms with E-state index in [1.54, 1.807) is 23.3 Å². The first kappa shape index (κ1) is 17.3. The van der Waals surface area contributed by atoms with E-state index < -0.39 is 0 Å². The van der Waals surface area contributed by atoms with E-state index in [1.165, 1.54) is 4.88 Å². The van der Waals surface area contributed by atoms with Gasteiger partial charge >= 0.3 is 0 Å². The fraction of sp³-hybridized carbons (Fsp3) is 0.333. The van der Waals surface area contributed by atoms with Crippen molar-refractivity contribution in [1.82, 2.24) is 19.9 Å². The molecule has 0 spiro atoms. The van der Waals surface area contributed by atoms with Gasteiger partial charge in [0.1, 0.15) is 5.69 Å². The highest BCUT2D eigenvalue weighted by atomic mass is 32.1. The molecule has 0 unspecified atom stereocenters. The van der Waals surface area contributed by atoms with E-state index in [1.807, 2.05) is 36.7 Å². The summed E-state index contributed by atoms with van der Waals surface area (Å²) in [5.74, 6) is 0.0107. The van der Waals surface area contributed by atoms with Gasteiger partial charge < -0.3 is 9.88 Å². The number of aryl methyl sites for hydroxylation is 2. The maximum absolute atomic E-state index is 12.3. The lowest BCUT2D eigenvalue weighted by Crippen LogP contribution is -2.29. The predicted octanol–water partition coefficient (Wildman–Crippen LogP) is 2.32. The van der Waals surface area contributed by atoms with Crippen molar-refractivity contribution in [2.24, 2.45) is 0 Å². The molecule has 6 nitrogen and oxygen atoms in total. The van der Waals surface area contributed by atoms with Crippen LogP contribution in [0.2, 0.25) is 0 Å². The molecule has 1 aromatic carbocycles. The standard InChI is InChI=1S/C18H20N4O2S/c1-12-16(25-11-19-12)9-10-22(2)17(23)8-7-15-18(24)21-14-6-4-3-5-13(14)20-15/h3-6,11H,7-10H2,1-2H3,(H,21,24). The number of benzene rings is 1. The lowest BCUT2D eigenvalue weighted by atomic mass is 10.2. The second-order valence-corrected chi connectivity index (χ2v) is 6.90. The number of aromatic amines is 1. The summed E-state index contributed by atoms with van der Waals surface area (Å²) in [6.07, 6.45) is 1.41. The molecule has 130 valence electrons. The molecule has 3 aromatic rings. The van der Waals surface area contributed by atoms with Crippen LogP contribution in [0.1, 0.15) is 22.7 Å². The maximum Gasteiger partial charge on any atom is 0.270 e. The third-order valence-corrected chi connectivity index (χ3v) is 5.19. The summed E-state index contributed by atoms with van der Waals surface area (Å²) in [6.45, 7) is 2.62. The van der Waals surface area contributed by atoms with Gasteiger partial charge in [0, 0.05) is 37.7 Å². The topological polar surface area (TPSA) is 79.0 Å². The van der Waals surface area contributed by atoms with Crippen molar-refractivity contribution < 1.29 is 4.79 Å². The quantitative estimate of drug-likeness (QED) is 0.735. The molecule has 0 bridgehead atoms. The Kier molecular flexibility index (Phi) is 5.23. The number of amides is 1. The third-order valence-electron chi connectivity index (χ3n) is 4.19. The molecule has 1 amide bonds. The molecule has 7 heteroatoms. The Morgan fingerprint density at radius 1 is 1.28 bits per heavy atom. The SMILES string of the molecule is Cc1ncsc1CCN(C)C(=O)CCc1nc2ccccc2[nH]c1=O. The zero-order valence-electron chi connectivity index (χ0n) is 14.3. The normalized spacial score (nSPS) is 11.0. The molecule has 0 aliphatic rings. The number of carbonyl (C=O) groups is 1. The van der Waals surface area contributed by atoms with Gasteiger partial charge in [-0.1, -0.05) is 12.1 Å². The number of aromatic nitrogens is 3. The van der Waals surface area contributed by atoms with Gasteiger partial charge in [-0.2, -0.15) is 0 Å². The van der Waals surface area contributed by atoms with Gasteiger partial charge in [-0.05, 0) is 19.1 Å². The minimum atomic E-state index is -0.227. The van der Waals surface area contributed by atoms with E-state index >= 15 is 0 Å². The van der Waals surface area contributed by atoms with Crippen LogP contribution in [0.3, 0.4) is 0 Å². The lowest BCUT2D eigenvalue weighted by molar-refractivity contribution is -0.129. The van der Waals surface area contributed by atoms with E-state index in [2.05, 4.69) is 15.0 Å². The second-order valence-electron chi connectivity index (χ2n) is 5.96. The zero-order chi connectivity index (χ0) is 17.8. The highest BCUT2D eigenvalue weighted by molar-refractivity contribution is 7.09. The lowest BCUT2D eigenvalue weighted by Gasteiger charge is -2.16. The van der Waals surface area contributed by atoms with Gasteiger partial charge in [0.15, 0.2) is 0 Å². The van der Waals surface area contributed by atoms with Crippen LogP contribution < -0.4 is 5.56 Å². The van der Waals surface area contributed by atoms with Crippen LogP contribution in [0.25, 0.3) is 11.0 Å². The Balaban J connectivity index is 1.59. The Morgan fingerprint density at radius 3 is 2.84 bits per heavy atom. The molecular formula is C18H20N4O2S. The highest BCUT2D eigenvalue weighted by Crippen LogP contribution is 2.13. The molecule has 0 fully saturated rings. The highest BCUT2D eigenvalue weighted by Gasteiger charge is 2.13. The number of likely N-dealkylation sites (N-methyl/N-ethyl adjacent to an activating group) is 1. The largest absolute Gasteiger partial charge is 0.345 e. The summed E-state index contributed by atoms with van der Waals surface area (Å²) in [4.78, 5) is 38.7. The van der Waals surface area contributed by atoms with Crippen molar-refractivity contribution in [2.45, 2.75) is 26.2 Å². The molecule has 0 atom stereocenters. The fourth-order valence-corrected chi connectivity index (χ4v) is 3.38. The predicted molar refractivity (Wildman–Crippen MR) is 98.9 cm³/mol. The van der Waals surface area contributed by atoms with Crippen LogP contribution in [0.15, 0.2) is 34.6 Å². The van der Waals surface area contributed by atoms with Crippen LogP contribution in [-0.4, -0.2) is 39.4 Å². The summed E-state index contributed by atoms with van der Waals surface area (Å²) in [5, 5.41) is 0. The van der Waals surface area contributed by atoms with Crippen LogP contribution in [-0.2, 0) is 17.6 Å². The minimum absolute atomic E-state index is 0.0107. The van der Waals surface area contributed by atoms with Crippen molar-refractivity contribution in [3.63, 3.8) is 0 Å². The van der Waals surface area contributed by atoms with Gasteiger partial charge in [-0.15, -0.1) is 11.3 Å². The Hall–Kier alpha value is -2.54. The van der Waals surface area contributed by atoms with E-state index in [0.717, 1.165) is 17.6 Å². The van der Waals surface area contributed by atoms with Crippen molar-refractivity contribution in [1.29, 1.82) is 0 Å². The monoisotopic (exact) mass is 356 g/mol. The average Bonchev–Trinajstić information content (AvgIpc) is 3.02. The Labute approximate surface area is 149 Å². The number of fused-ring (bicyclic) bond motifs is 1. The van der Waals surface area contributed by atoms with Crippen LogP contribution >= 0.6 is 11.3 Å². The number of nitrogens with zero attached hydrogens (tertiary/aromatic N) is 3. The van der Waals surface area contributed by atoms with Gasteiger partial charge in [0.25, 0.3) is 5.56 Å². The summed E-state index contributed by atoms with van der Waals surface area (Å²) in [5.41, 5.74) is 4.47. The Bertz CT molecular complexity index is 947. The summed E-state index contributed by atoms with van der Waals surface area (Å²) in [6, 6.07) is 7.38. The molecule has 0 aliphatic carbocycles. The summed E-state index contributed by atoms with van der Waals surface area (Å²) < 4.78 is 0. The zero-order valence-corrected chi connectivity index (χ0v) is 15.1. The number of hydrogen-bond donors (Lipinski definition) is 1. The summed E-state index contributed by atoms with van der Waals surface area (Å²) in [7, 11) is 1.79. The average molecular weight is 356 g/mol. The van der Waals surface area contributed by atoms with Crippen LogP contribution in [0.4, 0.5) is 0 Å². The van der Waals surface area contributed by atoms with Gasteiger partial charge in [0.2, 0.25) is 5.91 Å². The van der Waals surface area contributed by atoms with E-state index in [-0.39, 0.29) is 17.9 Å². The number of para-hydroxylation sites is 2. The van der Waals surface area contributed by atoms with Crippen molar-refractivity contribution in [3.8, 4) is 0 Å². The number of thiazole rings is 1. The van der Waals surface area contributed by atoms with Crippen molar-refractivity contribution in [2.75, 3.05) is 13.6 Å². The van der Waals surface area contributed by atoms with Gasteiger partial charge in [-0.25, -0.2) is 9.97 Å². The van der Waals surface area contributed by atoms with E-state index in [0.29, 0.717) is 24.2 Å². The minimum Gasteiger partial charge on any atom is -0.345 e. The fourth-order valence-electron chi connectivity index (χ4n) is 2.61. The molecule has 25 heavy (non-hydrogen) atoms. The Morgan fingerprint density at radius 2 is 2.08 bits per heavy atom. The number of nitrogens with one attached hydrogen (secondary N) is 1.